The predicted octanol–water partition coefficient (Wildman–Crippen LogP) is 3.31. The van der Waals surface area contributed by atoms with E-state index in [-0.39, 0.29) is 31.3 Å². The highest BCUT2D eigenvalue weighted by Gasteiger charge is 2.07. The number of nitrogens with one attached hydrogen (secondary N) is 1. The Balaban J connectivity index is 1.76. The van der Waals surface area contributed by atoms with Gasteiger partial charge >= 0.3 is 0 Å². The Morgan fingerprint density at radius 3 is 2.39 bits per heavy atom. The molecule has 2 rings (SSSR count). The van der Waals surface area contributed by atoms with Gasteiger partial charge in [-0.05, 0) is 25.1 Å². The van der Waals surface area contributed by atoms with Crippen LogP contribution in [0.4, 0.5) is 4.39 Å². The zero-order valence-corrected chi connectivity index (χ0v) is 13.0. The van der Waals surface area contributed by atoms with Crippen molar-refractivity contribution < 1.29 is 18.7 Å². The predicted molar refractivity (Wildman–Crippen MR) is 86.0 cm³/mol. The number of para-hydroxylation sites is 2. The van der Waals surface area contributed by atoms with E-state index in [4.69, 9.17) is 9.47 Å². The van der Waals surface area contributed by atoms with Gasteiger partial charge in [0.05, 0.1) is 19.6 Å². The van der Waals surface area contributed by atoms with Gasteiger partial charge in [-0.2, -0.15) is 0 Å². The van der Waals surface area contributed by atoms with Crippen LogP contribution in [0.1, 0.15) is 18.9 Å². The van der Waals surface area contributed by atoms with Crippen LogP contribution in [0.5, 0.6) is 11.5 Å². The van der Waals surface area contributed by atoms with Crippen LogP contribution in [0.25, 0.3) is 0 Å². The Labute approximate surface area is 135 Å². The first-order chi connectivity index (χ1) is 11.2. The van der Waals surface area contributed by atoms with Gasteiger partial charge in [-0.25, -0.2) is 4.39 Å². The van der Waals surface area contributed by atoms with Crippen LogP contribution in [0, 0.1) is 5.82 Å². The Hall–Kier alpha value is -2.56. The van der Waals surface area contributed by atoms with Crippen LogP contribution < -0.4 is 14.8 Å². The van der Waals surface area contributed by atoms with E-state index in [2.05, 4.69) is 5.32 Å². The highest BCUT2D eigenvalue weighted by atomic mass is 19.1. The van der Waals surface area contributed by atoms with Crippen molar-refractivity contribution in [3.05, 3.63) is 59.9 Å². The Morgan fingerprint density at radius 1 is 1.04 bits per heavy atom. The van der Waals surface area contributed by atoms with Crippen molar-refractivity contribution in [1.82, 2.24) is 5.32 Å². The monoisotopic (exact) mass is 317 g/mol. The normalized spacial score (nSPS) is 10.2. The van der Waals surface area contributed by atoms with Crippen molar-refractivity contribution in [2.45, 2.75) is 19.9 Å². The molecule has 1 N–H and O–H groups in total. The highest BCUT2D eigenvalue weighted by molar-refractivity contribution is 5.76. The van der Waals surface area contributed by atoms with Crippen molar-refractivity contribution in [2.75, 3.05) is 13.2 Å². The van der Waals surface area contributed by atoms with E-state index >= 15 is 0 Å². The maximum Gasteiger partial charge on any atom is 0.223 e. The van der Waals surface area contributed by atoms with E-state index in [9.17, 15) is 9.18 Å². The summed E-state index contributed by atoms with van der Waals surface area (Å²) in [5, 5.41) is 2.68. The van der Waals surface area contributed by atoms with Crippen molar-refractivity contribution >= 4 is 5.91 Å². The van der Waals surface area contributed by atoms with Gasteiger partial charge in [-0.1, -0.05) is 30.3 Å². The number of carbonyl (C=O) groups excluding carboxylic acids is 1. The lowest BCUT2D eigenvalue weighted by molar-refractivity contribution is -0.121. The number of halogens is 1. The summed E-state index contributed by atoms with van der Waals surface area (Å²) in [5.41, 5.74) is 0.462. The Morgan fingerprint density at radius 2 is 1.70 bits per heavy atom. The summed E-state index contributed by atoms with van der Waals surface area (Å²) in [6, 6.07) is 13.7. The molecule has 0 unspecified atom stereocenters. The van der Waals surface area contributed by atoms with E-state index in [0.29, 0.717) is 23.7 Å². The van der Waals surface area contributed by atoms with Crippen LogP contribution in [0.2, 0.25) is 0 Å². The van der Waals surface area contributed by atoms with Crippen LogP contribution in [0.15, 0.2) is 48.5 Å². The first kappa shape index (κ1) is 16.8. The summed E-state index contributed by atoms with van der Waals surface area (Å²) in [7, 11) is 0. The molecule has 5 heteroatoms. The van der Waals surface area contributed by atoms with Gasteiger partial charge in [0, 0.05) is 12.1 Å². The van der Waals surface area contributed by atoms with Gasteiger partial charge in [-0.3, -0.25) is 4.79 Å². The van der Waals surface area contributed by atoms with Crippen molar-refractivity contribution in [3.63, 3.8) is 0 Å². The minimum Gasteiger partial charge on any atom is -0.490 e. The van der Waals surface area contributed by atoms with E-state index in [1.165, 1.54) is 6.07 Å². The number of hydrogen-bond donors (Lipinski definition) is 1. The molecule has 0 aliphatic heterocycles. The third kappa shape index (κ3) is 5.29. The molecule has 0 radical (unpaired) electrons. The number of hydrogen-bond acceptors (Lipinski definition) is 3. The average molecular weight is 317 g/mol. The van der Waals surface area contributed by atoms with Crippen LogP contribution >= 0.6 is 0 Å². The summed E-state index contributed by atoms with van der Waals surface area (Å²) in [6.45, 7) is 2.84. The molecule has 0 bridgehead atoms. The fraction of sp³-hybridized carbons (Fsp3) is 0.278. The fourth-order valence-electron chi connectivity index (χ4n) is 2.02. The zero-order valence-electron chi connectivity index (χ0n) is 13.0. The van der Waals surface area contributed by atoms with Gasteiger partial charge in [0.15, 0.2) is 11.5 Å². The Bertz CT molecular complexity index is 646. The molecule has 0 fully saturated rings. The van der Waals surface area contributed by atoms with E-state index in [1.54, 1.807) is 24.3 Å². The minimum atomic E-state index is -0.324. The maximum absolute atomic E-state index is 13.4. The van der Waals surface area contributed by atoms with Crippen LogP contribution in [-0.2, 0) is 11.3 Å². The third-order valence-electron chi connectivity index (χ3n) is 3.17. The highest BCUT2D eigenvalue weighted by Crippen LogP contribution is 2.26. The molecule has 0 atom stereocenters. The molecule has 122 valence electrons. The summed E-state index contributed by atoms with van der Waals surface area (Å²) >= 11 is 0. The van der Waals surface area contributed by atoms with Crippen molar-refractivity contribution in [3.8, 4) is 11.5 Å². The number of carbonyl (C=O) groups is 1. The summed E-state index contributed by atoms with van der Waals surface area (Å²) in [5.74, 6) is 0.745. The Kier molecular flexibility index (Phi) is 6.41. The number of amides is 1. The van der Waals surface area contributed by atoms with Gasteiger partial charge in [0.2, 0.25) is 5.91 Å². The minimum absolute atomic E-state index is 0.168. The lowest BCUT2D eigenvalue weighted by atomic mass is 10.2. The molecule has 0 saturated carbocycles. The zero-order chi connectivity index (χ0) is 16.5. The number of rotatable bonds is 8. The number of benzene rings is 2. The number of ether oxygens (including phenoxy) is 2. The molecule has 23 heavy (non-hydrogen) atoms. The summed E-state index contributed by atoms with van der Waals surface area (Å²) < 4.78 is 24.5. The molecule has 0 heterocycles. The average Bonchev–Trinajstić information content (AvgIpc) is 2.56. The molecule has 0 spiro atoms. The van der Waals surface area contributed by atoms with E-state index in [1.807, 2.05) is 25.1 Å². The molecule has 2 aromatic rings. The molecule has 2 aromatic carbocycles. The van der Waals surface area contributed by atoms with Crippen LogP contribution in [0.3, 0.4) is 0 Å². The van der Waals surface area contributed by atoms with Gasteiger partial charge in [0.1, 0.15) is 5.82 Å². The van der Waals surface area contributed by atoms with Gasteiger partial charge in [0.25, 0.3) is 0 Å². The first-order valence-corrected chi connectivity index (χ1v) is 7.55. The quantitative estimate of drug-likeness (QED) is 0.812. The van der Waals surface area contributed by atoms with E-state index in [0.717, 1.165) is 0 Å². The molecule has 0 aromatic heterocycles. The molecule has 0 aliphatic rings. The van der Waals surface area contributed by atoms with Crippen molar-refractivity contribution in [2.24, 2.45) is 0 Å². The smallest absolute Gasteiger partial charge is 0.223 e. The van der Waals surface area contributed by atoms with E-state index < -0.39 is 0 Å². The summed E-state index contributed by atoms with van der Waals surface area (Å²) in [6.07, 6.45) is 0.189. The van der Waals surface area contributed by atoms with Crippen molar-refractivity contribution in [1.29, 1.82) is 0 Å². The van der Waals surface area contributed by atoms with Crippen LogP contribution in [-0.4, -0.2) is 19.1 Å². The lowest BCUT2D eigenvalue weighted by Gasteiger charge is -2.11. The second kappa shape index (κ2) is 8.78. The largest absolute Gasteiger partial charge is 0.490 e. The third-order valence-corrected chi connectivity index (χ3v) is 3.17. The molecular weight excluding hydrogens is 297 g/mol. The molecular formula is C18H20FNO3. The summed E-state index contributed by atoms with van der Waals surface area (Å²) in [4.78, 5) is 11.8. The fourth-order valence-corrected chi connectivity index (χ4v) is 2.02. The second-order valence-electron chi connectivity index (χ2n) is 4.85. The van der Waals surface area contributed by atoms with Gasteiger partial charge in [-0.15, -0.1) is 0 Å². The van der Waals surface area contributed by atoms with Gasteiger partial charge < -0.3 is 14.8 Å². The molecule has 4 nitrogen and oxygen atoms in total. The SMILES string of the molecule is CCOc1ccccc1OCCC(=O)NCc1ccccc1F. The molecule has 0 saturated heterocycles. The molecule has 1 amide bonds. The first-order valence-electron chi connectivity index (χ1n) is 7.55. The second-order valence-corrected chi connectivity index (χ2v) is 4.85. The molecule has 0 aliphatic carbocycles. The maximum atomic E-state index is 13.4. The lowest BCUT2D eigenvalue weighted by Crippen LogP contribution is -2.24. The standard InChI is InChI=1S/C18H20FNO3/c1-2-22-16-9-5-6-10-17(16)23-12-11-18(21)20-13-14-7-3-4-8-15(14)19/h3-10H,2,11-13H2,1H3,(H,20,21). The topological polar surface area (TPSA) is 47.6 Å².